The van der Waals surface area contributed by atoms with Crippen LogP contribution in [0.4, 0.5) is 10.9 Å². The molecule has 1 aromatic heterocycles. The molecule has 1 aliphatic rings. The van der Waals surface area contributed by atoms with E-state index in [2.05, 4.69) is 26.2 Å². The highest BCUT2D eigenvalue weighted by Gasteiger charge is 2.29. The molecule has 2 heterocycles. The Morgan fingerprint density at radius 3 is 3.11 bits per heavy atom. The van der Waals surface area contributed by atoms with Crippen LogP contribution in [0.3, 0.4) is 0 Å². The minimum Gasteiger partial charge on any atom is -0.375 e. The number of nitrogens with two attached hydrogens (primary N) is 1. The van der Waals surface area contributed by atoms with Crippen LogP contribution < -0.4 is 11.1 Å². The second-order valence-electron chi connectivity index (χ2n) is 4.12. The van der Waals surface area contributed by atoms with Gasteiger partial charge in [0.15, 0.2) is 5.13 Å². The summed E-state index contributed by atoms with van der Waals surface area (Å²) in [6.07, 6.45) is 0.436. The van der Waals surface area contributed by atoms with Crippen molar-refractivity contribution in [2.24, 2.45) is 0 Å². The average molecular weight is 324 g/mol. The maximum atomic E-state index is 11.7. The van der Waals surface area contributed by atoms with Crippen LogP contribution in [-0.2, 0) is 4.79 Å². The van der Waals surface area contributed by atoms with Crippen LogP contribution in [0, 0.1) is 0 Å². The summed E-state index contributed by atoms with van der Waals surface area (Å²) in [5.74, 6) is 0.637. The van der Waals surface area contributed by atoms with Crippen LogP contribution in [-0.4, -0.2) is 10.9 Å². The number of rotatable bonds is 1. The fraction of sp³-hybridized carbons (Fsp3) is 0.167. The average Bonchev–Trinajstić information content (AvgIpc) is 2.68. The molecule has 0 bridgehead atoms. The van der Waals surface area contributed by atoms with E-state index in [4.69, 9.17) is 5.73 Å². The van der Waals surface area contributed by atoms with Crippen LogP contribution in [0.15, 0.2) is 28.7 Å². The standard InChI is InChI=1S/C12H10BrN3OS/c13-7-3-1-2-6(4-7)8-5-9(17)15-11-10(8)18-12(14)16-11/h1-4,8H,5H2,(H2,14,16)(H,15,17)/t8-/m1/s1. The lowest BCUT2D eigenvalue weighted by Gasteiger charge is -2.21. The molecular formula is C12H10BrN3OS. The van der Waals surface area contributed by atoms with Gasteiger partial charge in [-0.05, 0) is 17.7 Å². The Bertz CT molecular complexity index is 626. The van der Waals surface area contributed by atoms with E-state index in [1.165, 1.54) is 11.3 Å². The maximum absolute atomic E-state index is 11.7. The lowest BCUT2D eigenvalue weighted by atomic mass is 9.92. The molecule has 3 N–H and O–H groups in total. The molecule has 0 unspecified atom stereocenters. The summed E-state index contributed by atoms with van der Waals surface area (Å²) in [5, 5.41) is 3.25. The lowest BCUT2D eigenvalue weighted by molar-refractivity contribution is -0.116. The van der Waals surface area contributed by atoms with E-state index in [-0.39, 0.29) is 11.8 Å². The van der Waals surface area contributed by atoms with Crippen molar-refractivity contribution in [2.75, 3.05) is 11.1 Å². The van der Waals surface area contributed by atoms with E-state index in [0.29, 0.717) is 17.4 Å². The third-order valence-electron chi connectivity index (χ3n) is 2.88. The number of nitrogens with zero attached hydrogens (tertiary/aromatic N) is 1. The van der Waals surface area contributed by atoms with Crippen LogP contribution in [0.2, 0.25) is 0 Å². The van der Waals surface area contributed by atoms with Gasteiger partial charge in [-0.3, -0.25) is 4.79 Å². The van der Waals surface area contributed by atoms with Gasteiger partial charge in [0.1, 0.15) is 5.82 Å². The van der Waals surface area contributed by atoms with Crippen molar-refractivity contribution < 1.29 is 4.79 Å². The first kappa shape index (κ1) is 11.7. The fourth-order valence-corrected chi connectivity index (χ4v) is 3.46. The summed E-state index contributed by atoms with van der Waals surface area (Å²) in [6.45, 7) is 0. The first-order chi connectivity index (χ1) is 8.63. The number of carbonyl (C=O) groups is 1. The lowest BCUT2D eigenvalue weighted by Crippen LogP contribution is -2.22. The van der Waals surface area contributed by atoms with Crippen molar-refractivity contribution in [3.63, 3.8) is 0 Å². The highest BCUT2D eigenvalue weighted by Crippen LogP contribution is 2.41. The number of anilines is 2. The molecule has 0 spiro atoms. The number of halogens is 1. The Balaban J connectivity index is 2.09. The molecule has 6 heteroatoms. The molecule has 92 valence electrons. The minimum absolute atomic E-state index is 0.0159. The smallest absolute Gasteiger partial charge is 0.226 e. The van der Waals surface area contributed by atoms with Crippen LogP contribution in [0.25, 0.3) is 0 Å². The molecule has 1 atom stereocenters. The van der Waals surface area contributed by atoms with Crippen LogP contribution in [0.5, 0.6) is 0 Å². The number of hydrogen-bond donors (Lipinski definition) is 2. The van der Waals surface area contributed by atoms with E-state index < -0.39 is 0 Å². The predicted octanol–water partition coefficient (Wildman–Crippen LogP) is 2.96. The van der Waals surface area contributed by atoms with Gasteiger partial charge in [-0.1, -0.05) is 39.4 Å². The monoisotopic (exact) mass is 323 g/mol. The van der Waals surface area contributed by atoms with Crippen molar-refractivity contribution in [1.82, 2.24) is 4.98 Å². The number of aromatic nitrogens is 1. The summed E-state index contributed by atoms with van der Waals surface area (Å²) < 4.78 is 1.00. The van der Waals surface area contributed by atoms with Gasteiger partial charge in [-0.25, -0.2) is 4.98 Å². The third-order valence-corrected chi connectivity index (χ3v) is 4.38. The molecule has 0 saturated carbocycles. The summed E-state index contributed by atoms with van der Waals surface area (Å²) in [7, 11) is 0. The van der Waals surface area contributed by atoms with Gasteiger partial charge >= 0.3 is 0 Å². The molecule has 3 rings (SSSR count). The van der Waals surface area contributed by atoms with Crippen LogP contribution in [0.1, 0.15) is 22.8 Å². The fourth-order valence-electron chi connectivity index (χ4n) is 2.13. The van der Waals surface area contributed by atoms with E-state index in [9.17, 15) is 4.79 Å². The third kappa shape index (κ3) is 2.02. The zero-order valence-corrected chi connectivity index (χ0v) is 11.7. The van der Waals surface area contributed by atoms with Crippen molar-refractivity contribution in [3.05, 3.63) is 39.2 Å². The number of benzene rings is 1. The molecule has 4 nitrogen and oxygen atoms in total. The summed E-state index contributed by atoms with van der Waals surface area (Å²) in [6, 6.07) is 7.99. The van der Waals surface area contributed by atoms with Gasteiger partial charge in [0.2, 0.25) is 5.91 Å². The Kier molecular flexibility index (Phi) is 2.83. The van der Waals surface area contributed by atoms with Gasteiger partial charge in [0, 0.05) is 16.8 Å². The summed E-state index contributed by atoms with van der Waals surface area (Å²) in [4.78, 5) is 16.9. The normalized spacial score (nSPS) is 18.3. The number of carbonyl (C=O) groups excluding carboxylic acids is 1. The molecule has 1 aliphatic heterocycles. The van der Waals surface area contributed by atoms with Gasteiger partial charge in [0.25, 0.3) is 0 Å². The number of nitrogens with one attached hydrogen (secondary N) is 1. The Labute approximate surface area is 116 Å². The summed E-state index contributed by atoms with van der Waals surface area (Å²) >= 11 is 4.89. The minimum atomic E-state index is -0.0159. The predicted molar refractivity (Wildman–Crippen MR) is 75.8 cm³/mol. The molecule has 2 aromatic rings. The van der Waals surface area contributed by atoms with Gasteiger partial charge < -0.3 is 11.1 Å². The topological polar surface area (TPSA) is 68.0 Å². The molecule has 1 amide bonds. The van der Waals surface area contributed by atoms with Gasteiger partial charge in [-0.15, -0.1) is 0 Å². The van der Waals surface area contributed by atoms with E-state index in [1.807, 2.05) is 24.3 Å². The van der Waals surface area contributed by atoms with Gasteiger partial charge in [0.05, 0.1) is 4.88 Å². The number of thiazole rings is 1. The molecule has 1 aromatic carbocycles. The number of fused-ring (bicyclic) bond motifs is 1. The SMILES string of the molecule is Nc1nc2c(s1)[C@@H](c1cccc(Br)c1)CC(=O)N2. The Hall–Kier alpha value is -1.40. The Morgan fingerprint density at radius 1 is 1.50 bits per heavy atom. The first-order valence-electron chi connectivity index (χ1n) is 5.45. The summed E-state index contributed by atoms with van der Waals surface area (Å²) in [5.41, 5.74) is 6.82. The van der Waals surface area contributed by atoms with Crippen molar-refractivity contribution >= 4 is 44.1 Å². The maximum Gasteiger partial charge on any atom is 0.226 e. The van der Waals surface area contributed by atoms with E-state index >= 15 is 0 Å². The Morgan fingerprint density at radius 2 is 2.33 bits per heavy atom. The molecule has 0 fully saturated rings. The van der Waals surface area contributed by atoms with E-state index in [0.717, 1.165) is 14.9 Å². The van der Waals surface area contributed by atoms with Gasteiger partial charge in [-0.2, -0.15) is 0 Å². The zero-order chi connectivity index (χ0) is 12.7. The molecule has 0 radical (unpaired) electrons. The van der Waals surface area contributed by atoms with E-state index in [1.54, 1.807) is 0 Å². The second-order valence-corrected chi connectivity index (χ2v) is 6.10. The number of hydrogen-bond acceptors (Lipinski definition) is 4. The first-order valence-corrected chi connectivity index (χ1v) is 7.06. The second kappa shape index (κ2) is 4.37. The zero-order valence-electron chi connectivity index (χ0n) is 9.31. The van der Waals surface area contributed by atoms with Crippen molar-refractivity contribution in [2.45, 2.75) is 12.3 Å². The number of nitrogen functional groups attached to an aromatic ring is 1. The molecule has 0 saturated heterocycles. The highest BCUT2D eigenvalue weighted by atomic mass is 79.9. The van der Waals surface area contributed by atoms with Crippen LogP contribution >= 0.6 is 27.3 Å². The largest absolute Gasteiger partial charge is 0.375 e. The van der Waals surface area contributed by atoms with Crippen molar-refractivity contribution in [1.29, 1.82) is 0 Å². The molecular weight excluding hydrogens is 314 g/mol. The number of amides is 1. The quantitative estimate of drug-likeness (QED) is 0.847. The highest BCUT2D eigenvalue weighted by molar-refractivity contribution is 9.10. The molecule has 0 aliphatic carbocycles. The van der Waals surface area contributed by atoms with Crippen molar-refractivity contribution in [3.8, 4) is 0 Å². The molecule has 18 heavy (non-hydrogen) atoms.